The molecule has 3 N–H and O–H groups in total. The number of sulfonamides is 1. The Labute approximate surface area is 118 Å². The molecule has 0 amide bonds. The zero-order valence-corrected chi connectivity index (χ0v) is 12.1. The van der Waals surface area contributed by atoms with Gasteiger partial charge in [-0.3, -0.25) is 0 Å². The highest BCUT2D eigenvalue weighted by atomic mass is 79.9. The molecule has 0 unspecified atom stereocenters. The third-order valence-corrected chi connectivity index (χ3v) is 4.75. The van der Waals surface area contributed by atoms with Crippen molar-refractivity contribution < 1.29 is 12.9 Å². The molecule has 9 heteroatoms. The minimum Gasteiger partial charge on any atom is -0.399 e. The Bertz CT molecular complexity index is 657. The number of nitrogens with zero attached hydrogens (tertiary/aromatic N) is 2. The van der Waals surface area contributed by atoms with Crippen LogP contribution in [0.3, 0.4) is 0 Å². The number of hydrogen-bond acceptors (Lipinski definition) is 6. The standard InChI is InChI=1S/C10H11BrN4O3S/c11-8-2-1-7(12)5-9(8)19(16,17)14-4-3-10-13-6-18-15-10/h1-2,5-6,14H,3-4,12H2. The summed E-state index contributed by atoms with van der Waals surface area (Å²) in [5, 5.41) is 3.59. The summed E-state index contributed by atoms with van der Waals surface area (Å²) in [6.07, 6.45) is 1.54. The Hall–Kier alpha value is -1.45. The van der Waals surface area contributed by atoms with Crippen molar-refractivity contribution in [1.29, 1.82) is 0 Å². The van der Waals surface area contributed by atoms with Crippen molar-refractivity contribution in [2.75, 3.05) is 12.3 Å². The second-order valence-corrected chi connectivity index (χ2v) is 6.27. The van der Waals surface area contributed by atoms with E-state index in [-0.39, 0.29) is 11.4 Å². The third kappa shape index (κ3) is 3.52. The van der Waals surface area contributed by atoms with Gasteiger partial charge in [-0.15, -0.1) is 0 Å². The first-order chi connectivity index (χ1) is 8.99. The number of nitrogen functional groups attached to an aromatic ring is 1. The molecular formula is C10H11BrN4O3S. The van der Waals surface area contributed by atoms with Crippen LogP contribution in [-0.2, 0) is 16.4 Å². The van der Waals surface area contributed by atoms with Crippen LogP contribution in [0.25, 0.3) is 0 Å². The summed E-state index contributed by atoms with van der Waals surface area (Å²) in [7, 11) is -3.63. The van der Waals surface area contributed by atoms with Gasteiger partial charge < -0.3 is 10.3 Å². The zero-order chi connectivity index (χ0) is 13.9. The number of hydrogen-bond donors (Lipinski definition) is 2. The van der Waals surface area contributed by atoms with E-state index >= 15 is 0 Å². The SMILES string of the molecule is Nc1ccc(Br)c(S(=O)(=O)NCCc2ncon2)c1. The van der Waals surface area contributed by atoms with Gasteiger partial charge in [-0.2, -0.15) is 4.98 Å². The average Bonchev–Trinajstić information content (AvgIpc) is 2.85. The molecule has 0 bridgehead atoms. The van der Waals surface area contributed by atoms with E-state index in [2.05, 4.69) is 35.3 Å². The summed E-state index contributed by atoms with van der Waals surface area (Å²) in [6.45, 7) is 0.170. The van der Waals surface area contributed by atoms with Crippen molar-refractivity contribution >= 4 is 31.6 Å². The number of nitrogens with one attached hydrogen (secondary N) is 1. The molecule has 0 saturated heterocycles. The first-order valence-electron chi connectivity index (χ1n) is 5.29. The predicted molar refractivity (Wildman–Crippen MR) is 71.7 cm³/mol. The van der Waals surface area contributed by atoms with Crippen LogP contribution in [0.2, 0.25) is 0 Å². The second-order valence-electron chi connectivity index (χ2n) is 3.69. The van der Waals surface area contributed by atoms with Crippen LogP contribution in [0.4, 0.5) is 5.69 Å². The van der Waals surface area contributed by atoms with Crippen LogP contribution in [0, 0.1) is 0 Å². The number of rotatable bonds is 5. The Morgan fingerprint density at radius 2 is 2.21 bits per heavy atom. The van der Waals surface area contributed by atoms with E-state index in [9.17, 15) is 8.42 Å². The molecule has 0 aliphatic heterocycles. The van der Waals surface area contributed by atoms with Crippen LogP contribution in [0.5, 0.6) is 0 Å². The highest BCUT2D eigenvalue weighted by Gasteiger charge is 2.17. The van der Waals surface area contributed by atoms with Crippen molar-refractivity contribution in [3.8, 4) is 0 Å². The van der Waals surface area contributed by atoms with E-state index in [0.29, 0.717) is 22.4 Å². The van der Waals surface area contributed by atoms with Gasteiger partial charge in [0.1, 0.15) is 0 Å². The quantitative estimate of drug-likeness (QED) is 0.779. The molecule has 2 aromatic rings. The molecular weight excluding hydrogens is 336 g/mol. The molecule has 1 aromatic carbocycles. The zero-order valence-electron chi connectivity index (χ0n) is 9.71. The molecule has 0 radical (unpaired) electrons. The van der Waals surface area contributed by atoms with Gasteiger partial charge in [0.2, 0.25) is 16.4 Å². The molecule has 19 heavy (non-hydrogen) atoms. The maximum Gasteiger partial charge on any atom is 0.241 e. The molecule has 0 aliphatic carbocycles. The summed E-state index contributed by atoms with van der Waals surface area (Å²) >= 11 is 3.18. The molecule has 0 atom stereocenters. The molecule has 0 saturated carbocycles. The lowest BCUT2D eigenvalue weighted by molar-refractivity contribution is 0.410. The Kier molecular flexibility index (Phi) is 4.17. The Morgan fingerprint density at radius 3 is 2.89 bits per heavy atom. The fraction of sp³-hybridized carbons (Fsp3) is 0.200. The summed E-state index contributed by atoms with van der Waals surface area (Å²) in [5.74, 6) is 0.439. The van der Waals surface area contributed by atoms with Crippen molar-refractivity contribution in [2.24, 2.45) is 0 Å². The van der Waals surface area contributed by atoms with E-state index < -0.39 is 10.0 Å². The van der Waals surface area contributed by atoms with Gasteiger partial charge >= 0.3 is 0 Å². The first kappa shape index (κ1) is 14.0. The minimum atomic E-state index is -3.63. The second kappa shape index (κ2) is 5.68. The first-order valence-corrected chi connectivity index (χ1v) is 7.56. The summed E-state index contributed by atoms with van der Waals surface area (Å²) in [4.78, 5) is 3.90. The normalized spacial score (nSPS) is 11.6. The molecule has 0 aliphatic rings. The minimum absolute atomic E-state index is 0.0978. The molecule has 1 aromatic heterocycles. The summed E-state index contributed by atoms with van der Waals surface area (Å²) < 4.78 is 31.6. The van der Waals surface area contributed by atoms with Gasteiger partial charge in [-0.1, -0.05) is 5.16 Å². The van der Waals surface area contributed by atoms with Crippen molar-refractivity contribution in [1.82, 2.24) is 14.9 Å². The van der Waals surface area contributed by atoms with E-state index in [4.69, 9.17) is 5.73 Å². The van der Waals surface area contributed by atoms with E-state index in [1.54, 1.807) is 12.1 Å². The molecule has 2 rings (SSSR count). The van der Waals surface area contributed by atoms with E-state index in [1.165, 1.54) is 12.5 Å². The highest BCUT2D eigenvalue weighted by Crippen LogP contribution is 2.23. The maximum atomic E-state index is 12.1. The third-order valence-electron chi connectivity index (χ3n) is 2.29. The molecule has 102 valence electrons. The number of benzene rings is 1. The van der Waals surface area contributed by atoms with E-state index in [0.717, 1.165) is 0 Å². The lowest BCUT2D eigenvalue weighted by Crippen LogP contribution is -2.26. The van der Waals surface area contributed by atoms with Gasteiger partial charge in [0, 0.05) is 23.1 Å². The van der Waals surface area contributed by atoms with Gasteiger partial charge in [0.05, 0.1) is 4.90 Å². The van der Waals surface area contributed by atoms with Gasteiger partial charge in [-0.25, -0.2) is 13.1 Å². The Balaban J connectivity index is 2.07. The van der Waals surface area contributed by atoms with Crippen LogP contribution in [0.1, 0.15) is 5.82 Å². The van der Waals surface area contributed by atoms with E-state index in [1.807, 2.05) is 0 Å². The number of anilines is 1. The van der Waals surface area contributed by atoms with Crippen LogP contribution < -0.4 is 10.5 Å². The van der Waals surface area contributed by atoms with Gasteiger partial charge in [-0.05, 0) is 34.1 Å². The van der Waals surface area contributed by atoms with Gasteiger partial charge in [0.25, 0.3) is 0 Å². The molecule has 7 nitrogen and oxygen atoms in total. The smallest absolute Gasteiger partial charge is 0.241 e. The average molecular weight is 347 g/mol. The van der Waals surface area contributed by atoms with Crippen molar-refractivity contribution in [3.05, 3.63) is 34.9 Å². The number of nitrogens with two attached hydrogens (primary N) is 1. The fourth-order valence-electron chi connectivity index (χ4n) is 1.40. The molecule has 0 spiro atoms. The summed E-state index contributed by atoms with van der Waals surface area (Å²) in [6, 6.07) is 4.59. The predicted octanol–water partition coefficient (Wildman–Crippen LogP) is 0.935. The topological polar surface area (TPSA) is 111 Å². The lowest BCUT2D eigenvalue weighted by atomic mass is 10.3. The Morgan fingerprint density at radius 1 is 1.42 bits per heavy atom. The van der Waals surface area contributed by atoms with Crippen molar-refractivity contribution in [2.45, 2.75) is 11.3 Å². The number of aromatic nitrogens is 2. The van der Waals surface area contributed by atoms with Crippen molar-refractivity contribution in [3.63, 3.8) is 0 Å². The van der Waals surface area contributed by atoms with Crippen LogP contribution in [0.15, 0.2) is 38.5 Å². The monoisotopic (exact) mass is 346 g/mol. The fourth-order valence-corrected chi connectivity index (χ4v) is 3.43. The van der Waals surface area contributed by atoms with Gasteiger partial charge in [0.15, 0.2) is 5.82 Å². The maximum absolute atomic E-state index is 12.1. The van der Waals surface area contributed by atoms with Crippen LogP contribution >= 0.6 is 15.9 Å². The number of halogens is 1. The summed E-state index contributed by atoms with van der Waals surface area (Å²) in [5.41, 5.74) is 5.96. The largest absolute Gasteiger partial charge is 0.399 e. The molecule has 1 heterocycles. The lowest BCUT2D eigenvalue weighted by Gasteiger charge is -2.08. The highest BCUT2D eigenvalue weighted by molar-refractivity contribution is 9.10. The van der Waals surface area contributed by atoms with Crippen LogP contribution in [-0.4, -0.2) is 25.1 Å². The molecule has 0 fully saturated rings.